The first-order valence-electron chi connectivity index (χ1n) is 4.15. The molecule has 0 saturated carbocycles. The van der Waals surface area contributed by atoms with Gasteiger partial charge < -0.3 is 10.1 Å². The molecule has 0 unspecified atom stereocenters. The molecule has 0 radical (unpaired) electrons. The number of allylic oxidation sites excluding steroid dienone is 1. The Morgan fingerprint density at radius 2 is 2.33 bits per heavy atom. The highest BCUT2D eigenvalue weighted by molar-refractivity contribution is 5.87. The van der Waals surface area contributed by atoms with Crippen LogP contribution in [0.5, 0.6) is 0 Å². The fraction of sp³-hybridized carbons (Fsp3) is 0.667. The van der Waals surface area contributed by atoms with Gasteiger partial charge in [0.05, 0.1) is 13.2 Å². The lowest BCUT2D eigenvalue weighted by Crippen LogP contribution is -2.48. The molecule has 1 aliphatic rings. The molecule has 68 valence electrons. The zero-order chi connectivity index (χ0) is 9.03. The predicted molar refractivity (Wildman–Crippen MR) is 46.7 cm³/mol. The molecule has 3 heteroatoms. The molecule has 1 fully saturated rings. The standard InChI is InChI=1S/C9H15NO2/c1-3-4-8(11)10-5-9(2)6-12-7-9/h3-4H,5-7H2,1-2H3,(H,10,11). The van der Waals surface area contributed by atoms with Crippen LogP contribution in [0, 0.1) is 5.41 Å². The minimum Gasteiger partial charge on any atom is -0.380 e. The Morgan fingerprint density at radius 3 is 2.75 bits per heavy atom. The van der Waals surface area contributed by atoms with Crippen molar-refractivity contribution in [3.05, 3.63) is 12.2 Å². The van der Waals surface area contributed by atoms with E-state index in [1.807, 2.05) is 6.92 Å². The van der Waals surface area contributed by atoms with Gasteiger partial charge in [-0.1, -0.05) is 13.0 Å². The van der Waals surface area contributed by atoms with Gasteiger partial charge in [0, 0.05) is 12.0 Å². The molecule has 1 heterocycles. The van der Waals surface area contributed by atoms with Crippen molar-refractivity contribution in [2.45, 2.75) is 13.8 Å². The second kappa shape index (κ2) is 3.72. The van der Waals surface area contributed by atoms with Gasteiger partial charge in [-0.25, -0.2) is 0 Å². The fourth-order valence-corrected chi connectivity index (χ4v) is 1.06. The van der Waals surface area contributed by atoms with Crippen molar-refractivity contribution in [3.63, 3.8) is 0 Å². The van der Waals surface area contributed by atoms with Gasteiger partial charge in [-0.15, -0.1) is 0 Å². The highest BCUT2D eigenvalue weighted by Gasteiger charge is 2.33. The second-order valence-corrected chi connectivity index (χ2v) is 3.52. The lowest BCUT2D eigenvalue weighted by atomic mass is 9.89. The molecular weight excluding hydrogens is 154 g/mol. The molecule has 1 aliphatic heterocycles. The van der Waals surface area contributed by atoms with Crippen molar-refractivity contribution in [3.8, 4) is 0 Å². The third kappa shape index (κ3) is 2.34. The maximum Gasteiger partial charge on any atom is 0.243 e. The summed E-state index contributed by atoms with van der Waals surface area (Å²) >= 11 is 0. The van der Waals surface area contributed by atoms with E-state index >= 15 is 0 Å². The smallest absolute Gasteiger partial charge is 0.243 e. The first-order valence-corrected chi connectivity index (χ1v) is 4.15. The van der Waals surface area contributed by atoms with Crippen LogP contribution in [0.25, 0.3) is 0 Å². The summed E-state index contributed by atoms with van der Waals surface area (Å²) in [4.78, 5) is 11.0. The van der Waals surface area contributed by atoms with E-state index in [1.165, 1.54) is 6.08 Å². The number of carbonyl (C=O) groups excluding carboxylic acids is 1. The van der Waals surface area contributed by atoms with Crippen LogP contribution in [0.15, 0.2) is 12.2 Å². The van der Waals surface area contributed by atoms with Gasteiger partial charge in [0.2, 0.25) is 5.91 Å². The molecule has 3 nitrogen and oxygen atoms in total. The minimum atomic E-state index is -0.0226. The molecular formula is C9H15NO2. The monoisotopic (exact) mass is 169 g/mol. The molecule has 1 N–H and O–H groups in total. The van der Waals surface area contributed by atoms with Crippen molar-refractivity contribution in [1.29, 1.82) is 0 Å². The lowest BCUT2D eigenvalue weighted by molar-refractivity contribution is -0.122. The number of amides is 1. The molecule has 0 atom stereocenters. The summed E-state index contributed by atoms with van der Waals surface area (Å²) in [6.07, 6.45) is 3.26. The van der Waals surface area contributed by atoms with Crippen LogP contribution in [-0.4, -0.2) is 25.7 Å². The maximum atomic E-state index is 11.0. The van der Waals surface area contributed by atoms with E-state index in [9.17, 15) is 4.79 Å². The number of rotatable bonds is 3. The van der Waals surface area contributed by atoms with Crippen molar-refractivity contribution in [2.24, 2.45) is 5.41 Å². The summed E-state index contributed by atoms with van der Waals surface area (Å²) in [6, 6.07) is 0. The van der Waals surface area contributed by atoms with E-state index in [2.05, 4.69) is 12.2 Å². The highest BCUT2D eigenvalue weighted by Crippen LogP contribution is 2.24. The SMILES string of the molecule is CC=CC(=O)NCC1(C)COC1. The van der Waals surface area contributed by atoms with E-state index in [0.29, 0.717) is 6.54 Å². The minimum absolute atomic E-state index is 0.0226. The van der Waals surface area contributed by atoms with Gasteiger partial charge >= 0.3 is 0 Å². The summed E-state index contributed by atoms with van der Waals surface area (Å²) in [5.41, 5.74) is 0.164. The van der Waals surface area contributed by atoms with Gasteiger partial charge in [0.15, 0.2) is 0 Å². The second-order valence-electron chi connectivity index (χ2n) is 3.52. The zero-order valence-electron chi connectivity index (χ0n) is 7.59. The number of hydrogen-bond donors (Lipinski definition) is 1. The third-order valence-electron chi connectivity index (χ3n) is 1.91. The molecule has 0 spiro atoms. The van der Waals surface area contributed by atoms with Crippen molar-refractivity contribution in [1.82, 2.24) is 5.32 Å². The molecule has 0 aromatic carbocycles. The van der Waals surface area contributed by atoms with Gasteiger partial charge in [-0.05, 0) is 13.0 Å². The lowest BCUT2D eigenvalue weighted by Gasteiger charge is -2.37. The molecule has 0 aromatic heterocycles. The topological polar surface area (TPSA) is 38.3 Å². The molecule has 12 heavy (non-hydrogen) atoms. The average Bonchev–Trinajstić information content (AvgIpc) is 1.98. The van der Waals surface area contributed by atoms with Gasteiger partial charge in [0.1, 0.15) is 0 Å². The number of carbonyl (C=O) groups is 1. The maximum absolute atomic E-state index is 11.0. The van der Waals surface area contributed by atoms with Crippen LogP contribution in [0.1, 0.15) is 13.8 Å². The normalized spacial score (nSPS) is 20.5. The van der Waals surface area contributed by atoms with Gasteiger partial charge in [-0.2, -0.15) is 0 Å². The molecule has 0 aliphatic carbocycles. The molecule has 1 rings (SSSR count). The molecule has 1 saturated heterocycles. The Balaban J connectivity index is 2.20. The number of hydrogen-bond acceptors (Lipinski definition) is 2. The molecule has 0 aromatic rings. The van der Waals surface area contributed by atoms with E-state index in [0.717, 1.165) is 13.2 Å². The zero-order valence-corrected chi connectivity index (χ0v) is 7.59. The van der Waals surface area contributed by atoms with E-state index in [-0.39, 0.29) is 11.3 Å². The Kier molecular flexibility index (Phi) is 2.87. The summed E-state index contributed by atoms with van der Waals surface area (Å²) in [5, 5.41) is 2.82. The van der Waals surface area contributed by atoms with Crippen LogP contribution in [0.4, 0.5) is 0 Å². The number of ether oxygens (including phenoxy) is 1. The Hall–Kier alpha value is -0.830. The first-order chi connectivity index (χ1) is 5.66. The van der Waals surface area contributed by atoms with Crippen molar-refractivity contribution in [2.75, 3.05) is 19.8 Å². The summed E-state index contributed by atoms with van der Waals surface area (Å²) in [7, 11) is 0. The van der Waals surface area contributed by atoms with Gasteiger partial charge in [0.25, 0.3) is 0 Å². The van der Waals surface area contributed by atoms with E-state index < -0.39 is 0 Å². The van der Waals surface area contributed by atoms with Crippen LogP contribution in [0.3, 0.4) is 0 Å². The van der Waals surface area contributed by atoms with Crippen LogP contribution < -0.4 is 5.32 Å². The van der Waals surface area contributed by atoms with Crippen LogP contribution in [-0.2, 0) is 9.53 Å². The van der Waals surface area contributed by atoms with E-state index in [1.54, 1.807) is 6.08 Å². The Morgan fingerprint density at radius 1 is 1.67 bits per heavy atom. The first kappa shape index (κ1) is 9.26. The average molecular weight is 169 g/mol. The van der Waals surface area contributed by atoms with Gasteiger partial charge in [-0.3, -0.25) is 4.79 Å². The van der Waals surface area contributed by atoms with Crippen molar-refractivity contribution >= 4 is 5.91 Å². The highest BCUT2D eigenvalue weighted by atomic mass is 16.5. The summed E-state index contributed by atoms with van der Waals surface area (Å²) in [5.74, 6) is -0.0226. The summed E-state index contributed by atoms with van der Waals surface area (Å²) < 4.78 is 5.06. The van der Waals surface area contributed by atoms with Crippen LogP contribution in [0.2, 0.25) is 0 Å². The fourth-order valence-electron chi connectivity index (χ4n) is 1.06. The Labute approximate surface area is 72.8 Å². The van der Waals surface area contributed by atoms with Crippen molar-refractivity contribution < 1.29 is 9.53 Å². The molecule has 0 bridgehead atoms. The Bertz CT molecular complexity index is 195. The molecule has 1 amide bonds. The summed E-state index contributed by atoms with van der Waals surface area (Å²) in [6.45, 7) is 6.14. The largest absolute Gasteiger partial charge is 0.380 e. The quantitative estimate of drug-likeness (QED) is 0.632. The number of nitrogens with one attached hydrogen (secondary N) is 1. The predicted octanol–water partition coefficient (Wildman–Crippen LogP) is 0.715. The van der Waals surface area contributed by atoms with Crippen LogP contribution >= 0.6 is 0 Å². The third-order valence-corrected chi connectivity index (χ3v) is 1.91. The van der Waals surface area contributed by atoms with E-state index in [4.69, 9.17) is 4.74 Å².